The molecule has 1 fully saturated rings. The Bertz CT molecular complexity index is 423. The van der Waals surface area contributed by atoms with Gasteiger partial charge in [-0.2, -0.15) is 0 Å². The van der Waals surface area contributed by atoms with Crippen molar-refractivity contribution in [1.29, 1.82) is 0 Å². The van der Waals surface area contributed by atoms with E-state index in [0.29, 0.717) is 17.4 Å². The third-order valence-electron chi connectivity index (χ3n) is 3.79. The molecule has 1 aliphatic rings. The van der Waals surface area contributed by atoms with Crippen molar-refractivity contribution in [3.05, 3.63) is 18.1 Å². The number of amides is 1. The number of rotatable bonds is 3. The Morgan fingerprint density at radius 3 is 2.53 bits per heavy atom. The predicted octanol–water partition coefficient (Wildman–Crippen LogP) is 1.27. The van der Waals surface area contributed by atoms with Crippen molar-refractivity contribution >= 4 is 11.7 Å². The van der Waals surface area contributed by atoms with Gasteiger partial charge in [0.15, 0.2) is 5.82 Å². The van der Waals surface area contributed by atoms with Crippen molar-refractivity contribution in [1.82, 2.24) is 14.9 Å². The first-order chi connectivity index (χ1) is 9.11. The van der Waals surface area contributed by atoms with Crippen LogP contribution < -0.4 is 11.3 Å². The summed E-state index contributed by atoms with van der Waals surface area (Å²) >= 11 is 0. The number of nitrogens with one attached hydrogen (secondary N) is 1. The number of hydrogen-bond acceptors (Lipinski definition) is 5. The molecule has 1 aromatic heterocycles. The number of hydrazine groups is 1. The molecule has 0 radical (unpaired) electrons. The van der Waals surface area contributed by atoms with Crippen LogP contribution in [0.4, 0.5) is 5.82 Å². The van der Waals surface area contributed by atoms with E-state index in [1.54, 1.807) is 0 Å². The van der Waals surface area contributed by atoms with Gasteiger partial charge in [-0.3, -0.25) is 4.79 Å². The van der Waals surface area contributed by atoms with Crippen LogP contribution in [0.25, 0.3) is 0 Å². The molecule has 1 aliphatic heterocycles. The van der Waals surface area contributed by atoms with Crippen molar-refractivity contribution in [3.8, 4) is 0 Å². The number of likely N-dealkylation sites (tertiary alicyclic amines) is 1. The minimum atomic E-state index is -0.0433. The minimum absolute atomic E-state index is 0.0433. The molecule has 0 aliphatic carbocycles. The fraction of sp³-hybridized carbons (Fsp3) is 0.615. The molecule has 0 saturated carbocycles. The van der Waals surface area contributed by atoms with Gasteiger partial charge in [0.05, 0.1) is 12.4 Å². The average Bonchev–Trinajstić information content (AvgIpc) is 2.46. The Morgan fingerprint density at radius 2 is 2.05 bits per heavy atom. The number of carbonyl (C=O) groups is 1. The normalized spacial score (nSPS) is 16.7. The molecular formula is C13H21N5O. The number of aromatic nitrogens is 2. The summed E-state index contributed by atoms with van der Waals surface area (Å²) in [5.74, 6) is 7.03. The first-order valence-corrected chi connectivity index (χ1v) is 6.69. The predicted molar refractivity (Wildman–Crippen MR) is 73.3 cm³/mol. The van der Waals surface area contributed by atoms with Gasteiger partial charge in [-0.15, -0.1) is 0 Å². The summed E-state index contributed by atoms with van der Waals surface area (Å²) in [5.41, 5.74) is 2.77. The Kier molecular flexibility index (Phi) is 4.31. The molecule has 3 N–H and O–H groups in total. The fourth-order valence-corrected chi connectivity index (χ4v) is 2.44. The highest BCUT2D eigenvalue weighted by atomic mass is 16.2. The highest BCUT2D eigenvalue weighted by Crippen LogP contribution is 2.25. The Morgan fingerprint density at radius 1 is 1.37 bits per heavy atom. The third-order valence-corrected chi connectivity index (χ3v) is 3.79. The number of nitrogen functional groups attached to an aromatic ring is 1. The number of carbonyl (C=O) groups excluding carboxylic acids is 1. The van der Waals surface area contributed by atoms with Gasteiger partial charge >= 0.3 is 0 Å². The Balaban J connectivity index is 1.97. The second kappa shape index (κ2) is 5.97. The second-order valence-corrected chi connectivity index (χ2v) is 5.30. The molecule has 0 aromatic carbocycles. The van der Waals surface area contributed by atoms with E-state index in [0.717, 1.165) is 31.8 Å². The molecule has 6 nitrogen and oxygen atoms in total. The second-order valence-electron chi connectivity index (χ2n) is 5.30. The molecular weight excluding hydrogens is 242 g/mol. The molecule has 0 unspecified atom stereocenters. The number of nitrogens with two attached hydrogens (primary N) is 1. The van der Waals surface area contributed by atoms with Crippen LogP contribution in [0.5, 0.6) is 0 Å². The molecule has 1 amide bonds. The lowest BCUT2D eigenvalue weighted by Crippen LogP contribution is -2.39. The van der Waals surface area contributed by atoms with Crippen molar-refractivity contribution in [2.24, 2.45) is 17.7 Å². The zero-order valence-corrected chi connectivity index (χ0v) is 11.5. The summed E-state index contributed by atoms with van der Waals surface area (Å²) in [7, 11) is 0. The van der Waals surface area contributed by atoms with Crippen LogP contribution in [0.15, 0.2) is 12.4 Å². The molecule has 2 heterocycles. The topological polar surface area (TPSA) is 84.1 Å². The number of anilines is 1. The molecule has 1 saturated heterocycles. The molecule has 0 bridgehead atoms. The van der Waals surface area contributed by atoms with E-state index in [9.17, 15) is 4.79 Å². The van der Waals surface area contributed by atoms with Crippen LogP contribution in [0.2, 0.25) is 0 Å². The number of hydrogen-bond donors (Lipinski definition) is 2. The smallest absolute Gasteiger partial charge is 0.274 e. The zero-order chi connectivity index (χ0) is 13.8. The Hall–Kier alpha value is -1.69. The van der Waals surface area contributed by atoms with E-state index >= 15 is 0 Å². The highest BCUT2D eigenvalue weighted by molar-refractivity contribution is 5.92. The summed E-state index contributed by atoms with van der Waals surface area (Å²) in [6, 6.07) is 0. The van der Waals surface area contributed by atoms with Gasteiger partial charge < -0.3 is 10.3 Å². The van der Waals surface area contributed by atoms with E-state index in [1.807, 2.05) is 4.90 Å². The lowest BCUT2D eigenvalue weighted by molar-refractivity contribution is 0.0661. The SMILES string of the molecule is CC(C)C1CCN(C(=O)c2cnc(NN)cn2)CC1. The van der Waals surface area contributed by atoms with Gasteiger partial charge in [0.25, 0.3) is 5.91 Å². The summed E-state index contributed by atoms with van der Waals surface area (Å²) in [5, 5.41) is 0. The van der Waals surface area contributed by atoms with Crippen LogP contribution >= 0.6 is 0 Å². The van der Waals surface area contributed by atoms with Crippen LogP contribution in [-0.2, 0) is 0 Å². The first kappa shape index (κ1) is 13.7. The van der Waals surface area contributed by atoms with Gasteiger partial charge in [0.1, 0.15) is 5.69 Å². The lowest BCUT2D eigenvalue weighted by Gasteiger charge is -2.33. The van der Waals surface area contributed by atoms with Crippen molar-refractivity contribution in [2.75, 3.05) is 18.5 Å². The summed E-state index contributed by atoms with van der Waals surface area (Å²) in [4.78, 5) is 22.2. The van der Waals surface area contributed by atoms with E-state index in [2.05, 4.69) is 29.2 Å². The maximum atomic E-state index is 12.2. The Labute approximate surface area is 113 Å². The maximum absolute atomic E-state index is 12.2. The molecule has 1 aromatic rings. The van der Waals surface area contributed by atoms with E-state index in [4.69, 9.17) is 5.84 Å². The molecule has 2 rings (SSSR count). The molecule has 104 valence electrons. The highest BCUT2D eigenvalue weighted by Gasteiger charge is 2.25. The molecule has 0 spiro atoms. The molecule has 6 heteroatoms. The molecule has 19 heavy (non-hydrogen) atoms. The van der Waals surface area contributed by atoms with Crippen LogP contribution in [-0.4, -0.2) is 33.9 Å². The van der Waals surface area contributed by atoms with Gasteiger partial charge in [0, 0.05) is 13.1 Å². The summed E-state index contributed by atoms with van der Waals surface area (Å²) in [6.45, 7) is 6.10. The van der Waals surface area contributed by atoms with Crippen LogP contribution in [0.1, 0.15) is 37.2 Å². The summed E-state index contributed by atoms with van der Waals surface area (Å²) in [6.07, 6.45) is 5.07. The number of piperidine rings is 1. The van der Waals surface area contributed by atoms with E-state index in [1.165, 1.54) is 12.4 Å². The largest absolute Gasteiger partial charge is 0.337 e. The maximum Gasteiger partial charge on any atom is 0.274 e. The fourth-order valence-electron chi connectivity index (χ4n) is 2.44. The standard InChI is InChI=1S/C13H21N5O/c1-9(2)10-3-5-18(6-4-10)13(19)11-7-16-12(17-14)8-15-11/h7-10H,3-6,14H2,1-2H3,(H,16,17). The van der Waals surface area contributed by atoms with Crippen molar-refractivity contribution in [2.45, 2.75) is 26.7 Å². The van der Waals surface area contributed by atoms with Crippen molar-refractivity contribution < 1.29 is 4.79 Å². The quantitative estimate of drug-likeness (QED) is 0.633. The van der Waals surface area contributed by atoms with Crippen LogP contribution in [0, 0.1) is 11.8 Å². The van der Waals surface area contributed by atoms with E-state index in [-0.39, 0.29) is 5.91 Å². The van der Waals surface area contributed by atoms with Crippen molar-refractivity contribution in [3.63, 3.8) is 0 Å². The monoisotopic (exact) mass is 263 g/mol. The third kappa shape index (κ3) is 3.20. The first-order valence-electron chi connectivity index (χ1n) is 6.69. The van der Waals surface area contributed by atoms with E-state index < -0.39 is 0 Å². The number of nitrogens with zero attached hydrogens (tertiary/aromatic N) is 3. The lowest BCUT2D eigenvalue weighted by atomic mass is 9.86. The van der Waals surface area contributed by atoms with Gasteiger partial charge in [-0.05, 0) is 24.7 Å². The minimum Gasteiger partial charge on any atom is -0.337 e. The van der Waals surface area contributed by atoms with Gasteiger partial charge in [-0.1, -0.05) is 13.8 Å². The van der Waals surface area contributed by atoms with Gasteiger partial charge in [-0.25, -0.2) is 15.8 Å². The zero-order valence-electron chi connectivity index (χ0n) is 11.5. The van der Waals surface area contributed by atoms with Crippen LogP contribution in [0.3, 0.4) is 0 Å². The summed E-state index contributed by atoms with van der Waals surface area (Å²) < 4.78 is 0. The average molecular weight is 263 g/mol. The van der Waals surface area contributed by atoms with Gasteiger partial charge in [0.2, 0.25) is 0 Å². The molecule has 0 atom stereocenters.